The van der Waals surface area contributed by atoms with Crippen LogP contribution in [0.4, 0.5) is 20.4 Å². The van der Waals surface area contributed by atoms with Crippen molar-refractivity contribution in [1.29, 1.82) is 0 Å². The molecule has 4 aromatic heterocycles. The fourth-order valence-electron chi connectivity index (χ4n) is 8.31. The Morgan fingerprint density at radius 3 is 1.46 bits per heavy atom. The van der Waals surface area contributed by atoms with Gasteiger partial charge in [-0.3, -0.25) is 14.4 Å². The van der Waals surface area contributed by atoms with Crippen molar-refractivity contribution in [2.45, 2.75) is 58.5 Å². The molecule has 4 aromatic carbocycles. The van der Waals surface area contributed by atoms with Crippen LogP contribution in [0.15, 0.2) is 143 Å². The van der Waals surface area contributed by atoms with Crippen molar-refractivity contribution in [3.05, 3.63) is 178 Å². The molecule has 0 radical (unpaired) electrons. The second-order valence-corrected chi connectivity index (χ2v) is 19.0. The Kier molecular flexibility index (Phi) is 19.9. The van der Waals surface area contributed by atoms with Crippen LogP contribution >= 0.6 is 23.2 Å². The minimum Gasteiger partial charge on any atom is -0.478 e. The average Bonchev–Trinajstić information content (AvgIpc) is 4.10. The van der Waals surface area contributed by atoms with Gasteiger partial charge >= 0.3 is 5.97 Å². The summed E-state index contributed by atoms with van der Waals surface area (Å²) in [5.74, 6) is 0.312. The van der Waals surface area contributed by atoms with Crippen molar-refractivity contribution in [3.8, 4) is 22.3 Å². The van der Waals surface area contributed by atoms with Crippen LogP contribution in [0.25, 0.3) is 56.3 Å². The van der Waals surface area contributed by atoms with Crippen LogP contribution < -0.4 is 27.4 Å². The first-order valence-electron chi connectivity index (χ1n) is 24.6. The van der Waals surface area contributed by atoms with Crippen LogP contribution in [0.3, 0.4) is 0 Å². The van der Waals surface area contributed by atoms with Crippen molar-refractivity contribution >= 4 is 92.6 Å². The second-order valence-electron chi connectivity index (χ2n) is 18.2. The van der Waals surface area contributed by atoms with Gasteiger partial charge in [0.05, 0.1) is 28.7 Å². The highest BCUT2D eigenvalue weighted by molar-refractivity contribution is 6.35. The number of benzene rings is 4. The van der Waals surface area contributed by atoms with E-state index in [2.05, 4.69) is 25.9 Å². The quantitative estimate of drug-likeness (QED) is 0.0628. The molecular formula is C59H58Cl2F2N8O7. The van der Waals surface area contributed by atoms with Gasteiger partial charge in [-0.05, 0) is 169 Å². The molecular weight excluding hydrogens is 1040 g/mol. The van der Waals surface area contributed by atoms with Gasteiger partial charge < -0.3 is 46.3 Å². The number of nitrogen functional groups attached to an aromatic ring is 2. The van der Waals surface area contributed by atoms with Gasteiger partial charge in [0.15, 0.2) is 11.2 Å². The van der Waals surface area contributed by atoms with E-state index in [1.807, 2.05) is 42.5 Å². The maximum Gasteiger partial charge on any atom is 0.335 e. The number of aromatic carboxylic acids is 1. The SMILES string of the molecule is C.FC1CCNCC1.Nc1ccc(/C=C/C(=O)NCc2cc3cc(-c4ccc(C(=O)N5CCC(F)CC5)cc4)cc(Cl)c3o2)cn1.Nc1ccc(/C=C/C(=O)NCc2cc3cc(-c4ccc(C(=O)O)cc4)cc(Cl)c3o2)cn1. The van der Waals surface area contributed by atoms with Gasteiger partial charge in [-0.1, -0.05) is 54.9 Å². The minimum absolute atomic E-state index is 0. The summed E-state index contributed by atoms with van der Waals surface area (Å²) in [6, 6.07) is 31.8. The molecule has 0 unspecified atom stereocenters. The number of anilines is 2. The lowest BCUT2D eigenvalue weighted by atomic mass is 10.0. The van der Waals surface area contributed by atoms with Gasteiger partial charge in [-0.25, -0.2) is 23.5 Å². The Morgan fingerprint density at radius 1 is 0.628 bits per heavy atom. The number of nitrogens with one attached hydrogen (secondary N) is 3. The molecule has 2 saturated heterocycles. The molecule has 0 atom stereocenters. The van der Waals surface area contributed by atoms with Crippen molar-refractivity contribution in [1.82, 2.24) is 30.8 Å². The summed E-state index contributed by atoms with van der Waals surface area (Å²) in [5, 5.41) is 20.1. The molecule has 2 aliphatic rings. The number of likely N-dealkylation sites (tertiary alicyclic amines) is 1. The number of amides is 3. The number of furan rings is 2. The molecule has 3 amide bonds. The zero-order chi connectivity index (χ0) is 54.4. The molecule has 19 heteroatoms. The van der Waals surface area contributed by atoms with Gasteiger partial charge in [-0.15, -0.1) is 0 Å². The topological polar surface area (TPSA) is 232 Å². The van der Waals surface area contributed by atoms with Crippen molar-refractivity contribution < 1.29 is 41.9 Å². The summed E-state index contributed by atoms with van der Waals surface area (Å²) in [7, 11) is 0. The van der Waals surface area contributed by atoms with Gasteiger partial charge in [-0.2, -0.15) is 0 Å². The molecule has 0 bridgehead atoms. The number of halogens is 4. The van der Waals surface area contributed by atoms with E-state index in [4.69, 9.17) is 48.6 Å². The summed E-state index contributed by atoms with van der Waals surface area (Å²) in [6.45, 7) is 2.99. The molecule has 2 fully saturated rings. The number of carboxylic acid groups (broad SMARTS) is 1. The largest absolute Gasteiger partial charge is 0.478 e. The molecule has 6 heterocycles. The van der Waals surface area contributed by atoms with Crippen LogP contribution in [-0.2, 0) is 22.7 Å². The molecule has 8 aromatic rings. The van der Waals surface area contributed by atoms with Gasteiger partial charge in [0, 0.05) is 54.0 Å². The van der Waals surface area contributed by atoms with E-state index in [0.717, 1.165) is 57.2 Å². The first-order chi connectivity index (χ1) is 37.1. The smallest absolute Gasteiger partial charge is 0.335 e. The number of nitrogens with two attached hydrogens (primary N) is 2. The van der Waals surface area contributed by atoms with Crippen molar-refractivity contribution in [2.75, 3.05) is 37.6 Å². The third-order valence-electron chi connectivity index (χ3n) is 12.5. The monoisotopic (exact) mass is 1100 g/mol. The Hall–Kier alpha value is -8.38. The minimum atomic E-state index is -0.980. The highest BCUT2D eigenvalue weighted by Gasteiger charge is 2.23. The number of hydrogen-bond acceptors (Lipinski definition) is 11. The molecule has 2 aliphatic heterocycles. The highest BCUT2D eigenvalue weighted by Crippen LogP contribution is 2.35. The van der Waals surface area contributed by atoms with Crippen molar-refractivity contribution in [3.63, 3.8) is 0 Å². The van der Waals surface area contributed by atoms with E-state index < -0.39 is 18.3 Å². The van der Waals surface area contributed by atoms with Gasteiger partial charge in [0.1, 0.15) is 35.5 Å². The summed E-state index contributed by atoms with van der Waals surface area (Å²) >= 11 is 12.9. The maximum atomic E-state index is 13.4. The first kappa shape index (κ1) is 57.3. The van der Waals surface area contributed by atoms with Crippen LogP contribution in [-0.4, -0.2) is 82.2 Å². The van der Waals surface area contributed by atoms with Crippen LogP contribution in [0, 0.1) is 0 Å². The standard InChI is InChI=1S/C29H26ClFN4O3.C24H18ClN3O4.C5H10FN.CH4/c30-25-15-21(19-3-5-20(6-4-19)29(37)35-11-9-23(31)10-12-35)13-22-14-24(38-28(22)25)17-34-27(36)8-2-18-1-7-26(32)33-16-18;25-20-11-17(15-3-5-16(6-4-15)24(30)31)9-18-10-19(32-23(18)20)13-28-22(29)8-2-14-1-7-21(26)27-12-14;6-5-1-3-7-4-2-5;/h1-8,13-16,23H,9-12,17H2,(H2,32,33)(H,34,36);1-12H,13H2,(H2,26,27)(H,28,29)(H,30,31);5,7H,1-4H2;1H4/b2*8-2+;;. The number of alkyl halides is 2. The van der Waals surface area contributed by atoms with Gasteiger partial charge in [0.2, 0.25) is 11.8 Å². The number of hydrogen-bond donors (Lipinski definition) is 6. The summed E-state index contributed by atoms with van der Waals surface area (Å²) in [6.07, 6.45) is 10.1. The van der Waals surface area contributed by atoms with Crippen LogP contribution in [0.1, 0.15) is 76.5 Å². The summed E-state index contributed by atoms with van der Waals surface area (Å²) < 4.78 is 37.2. The highest BCUT2D eigenvalue weighted by atomic mass is 35.5. The molecule has 404 valence electrons. The molecule has 8 N–H and O–H groups in total. The number of piperidine rings is 2. The van der Waals surface area contributed by atoms with Crippen LogP contribution in [0.2, 0.25) is 10.0 Å². The third kappa shape index (κ3) is 15.8. The summed E-state index contributed by atoms with van der Waals surface area (Å²) in [5.41, 5.74) is 17.9. The molecule has 10 rings (SSSR count). The predicted molar refractivity (Wildman–Crippen MR) is 303 cm³/mol. The number of carbonyl (C=O) groups excluding carboxylic acids is 3. The lowest BCUT2D eigenvalue weighted by Crippen LogP contribution is -2.39. The van der Waals surface area contributed by atoms with Gasteiger partial charge in [0.25, 0.3) is 5.91 Å². The number of aromatic nitrogens is 2. The molecule has 0 aliphatic carbocycles. The Bertz CT molecular complexity index is 3410. The lowest BCUT2D eigenvalue weighted by Gasteiger charge is -2.28. The fraction of sp³-hybridized carbons (Fsp3) is 0.220. The zero-order valence-electron chi connectivity index (χ0n) is 41.5. The molecule has 15 nitrogen and oxygen atoms in total. The molecule has 78 heavy (non-hydrogen) atoms. The lowest BCUT2D eigenvalue weighted by molar-refractivity contribution is -0.117. The average molecular weight is 1100 g/mol. The predicted octanol–water partition coefficient (Wildman–Crippen LogP) is 11.7. The van der Waals surface area contributed by atoms with E-state index in [-0.39, 0.29) is 43.8 Å². The van der Waals surface area contributed by atoms with Crippen LogP contribution in [0.5, 0.6) is 0 Å². The van der Waals surface area contributed by atoms with E-state index in [9.17, 15) is 28.0 Å². The molecule has 0 saturated carbocycles. The summed E-state index contributed by atoms with van der Waals surface area (Å²) in [4.78, 5) is 57.8. The first-order valence-corrected chi connectivity index (χ1v) is 25.4. The van der Waals surface area contributed by atoms with E-state index in [0.29, 0.717) is 88.7 Å². The normalized spacial score (nSPS) is 13.8. The van der Waals surface area contributed by atoms with E-state index in [1.165, 1.54) is 12.2 Å². The number of carbonyl (C=O) groups is 4. The fourth-order valence-corrected chi connectivity index (χ4v) is 8.84. The van der Waals surface area contributed by atoms with E-state index >= 15 is 0 Å². The molecule has 0 spiro atoms. The third-order valence-corrected chi connectivity index (χ3v) is 13.1. The maximum absolute atomic E-state index is 13.4. The Morgan fingerprint density at radius 2 is 1.06 bits per heavy atom. The number of pyridine rings is 2. The zero-order valence-corrected chi connectivity index (χ0v) is 43.0. The Balaban J connectivity index is 0.000000200. The Labute approximate surface area is 459 Å². The second kappa shape index (κ2) is 27.1. The van der Waals surface area contributed by atoms with Crippen molar-refractivity contribution in [2.24, 2.45) is 0 Å². The number of carboxylic acids is 1. The number of fused-ring (bicyclic) bond motifs is 2. The number of rotatable bonds is 12. The number of nitrogens with zero attached hydrogens (tertiary/aromatic N) is 3. The van der Waals surface area contributed by atoms with E-state index in [1.54, 1.807) is 96.2 Å².